The van der Waals surface area contributed by atoms with E-state index in [0.29, 0.717) is 52.2 Å². The van der Waals surface area contributed by atoms with Crippen LogP contribution in [0.2, 0.25) is 10.0 Å². The highest BCUT2D eigenvalue weighted by molar-refractivity contribution is 6.35. The number of rotatable bonds is 8. The second-order valence-electron chi connectivity index (χ2n) is 7.32. The summed E-state index contributed by atoms with van der Waals surface area (Å²) in [5, 5.41) is 1.64. The lowest BCUT2D eigenvalue weighted by Crippen LogP contribution is -2.36. The zero-order chi connectivity index (χ0) is 20.9. The maximum atomic E-state index is 12.4. The average Bonchev–Trinajstić information content (AvgIpc) is 3.23. The Balaban J connectivity index is 1.46. The van der Waals surface area contributed by atoms with Crippen molar-refractivity contribution in [1.29, 1.82) is 0 Å². The molecular formula is C22H23Cl2N3O3. The van der Waals surface area contributed by atoms with Gasteiger partial charge >= 0.3 is 0 Å². The third-order valence-corrected chi connectivity index (χ3v) is 5.61. The Morgan fingerprint density at radius 2 is 2.10 bits per heavy atom. The molecule has 30 heavy (non-hydrogen) atoms. The first-order chi connectivity index (χ1) is 14.6. The van der Waals surface area contributed by atoms with Gasteiger partial charge in [0.25, 0.3) is 5.56 Å². The summed E-state index contributed by atoms with van der Waals surface area (Å²) in [6.45, 7) is 3.10. The van der Waals surface area contributed by atoms with E-state index in [1.165, 1.54) is 0 Å². The predicted octanol–water partition coefficient (Wildman–Crippen LogP) is 4.29. The molecule has 0 spiro atoms. The Bertz CT molecular complexity index is 1070. The molecule has 3 aromatic rings. The summed E-state index contributed by atoms with van der Waals surface area (Å²) < 4.78 is 11.7. The minimum Gasteiger partial charge on any atom is -0.491 e. The number of benzene rings is 2. The monoisotopic (exact) mass is 447 g/mol. The van der Waals surface area contributed by atoms with Crippen molar-refractivity contribution in [2.75, 3.05) is 26.3 Å². The molecule has 2 aromatic carbocycles. The van der Waals surface area contributed by atoms with Crippen molar-refractivity contribution in [1.82, 2.24) is 14.9 Å². The quantitative estimate of drug-likeness (QED) is 0.557. The van der Waals surface area contributed by atoms with Crippen molar-refractivity contribution in [2.24, 2.45) is 0 Å². The molecule has 0 radical (unpaired) electrons. The second-order valence-corrected chi connectivity index (χ2v) is 8.17. The predicted molar refractivity (Wildman–Crippen MR) is 119 cm³/mol. The first kappa shape index (κ1) is 21.1. The largest absolute Gasteiger partial charge is 0.491 e. The highest BCUT2D eigenvalue weighted by Crippen LogP contribution is 2.27. The van der Waals surface area contributed by atoms with Gasteiger partial charge in [0, 0.05) is 24.7 Å². The van der Waals surface area contributed by atoms with Gasteiger partial charge in [-0.3, -0.25) is 9.69 Å². The standard InChI is InChI=1S/C22H23Cl2N3O3/c23-15-7-8-20(18(24)12-15)30-11-9-27(13-16-4-3-10-29-16)14-21-25-19-6-2-1-5-17(19)22(28)26-21/h1-2,5-8,12,16H,3-4,9-11,13-14H2,(H,25,26,28). The highest BCUT2D eigenvalue weighted by atomic mass is 35.5. The molecule has 158 valence electrons. The van der Waals surface area contributed by atoms with E-state index in [-0.39, 0.29) is 11.7 Å². The lowest BCUT2D eigenvalue weighted by Gasteiger charge is -2.25. The van der Waals surface area contributed by atoms with Crippen molar-refractivity contribution in [2.45, 2.75) is 25.5 Å². The van der Waals surface area contributed by atoms with Crippen LogP contribution < -0.4 is 10.3 Å². The van der Waals surface area contributed by atoms with Gasteiger partial charge < -0.3 is 14.5 Å². The lowest BCUT2D eigenvalue weighted by molar-refractivity contribution is 0.0645. The van der Waals surface area contributed by atoms with Crippen LogP contribution in [0.25, 0.3) is 10.9 Å². The van der Waals surface area contributed by atoms with Gasteiger partial charge in [-0.2, -0.15) is 0 Å². The number of hydrogen-bond acceptors (Lipinski definition) is 5. The Morgan fingerprint density at radius 3 is 2.90 bits per heavy atom. The van der Waals surface area contributed by atoms with Gasteiger partial charge in [-0.1, -0.05) is 35.3 Å². The number of hydrogen-bond donors (Lipinski definition) is 1. The topological polar surface area (TPSA) is 67.5 Å². The summed E-state index contributed by atoms with van der Waals surface area (Å²) in [6.07, 6.45) is 2.28. The zero-order valence-corrected chi connectivity index (χ0v) is 18.0. The van der Waals surface area contributed by atoms with Crippen LogP contribution in [0.3, 0.4) is 0 Å². The fraction of sp³-hybridized carbons (Fsp3) is 0.364. The minimum atomic E-state index is -0.128. The zero-order valence-electron chi connectivity index (χ0n) is 16.4. The molecule has 8 heteroatoms. The van der Waals surface area contributed by atoms with Gasteiger partial charge in [0.05, 0.1) is 28.6 Å². The summed E-state index contributed by atoms with van der Waals surface area (Å²) in [5.41, 5.74) is 0.564. The summed E-state index contributed by atoms with van der Waals surface area (Å²) in [6, 6.07) is 12.5. The highest BCUT2D eigenvalue weighted by Gasteiger charge is 2.20. The van der Waals surface area contributed by atoms with Gasteiger partial charge in [-0.15, -0.1) is 0 Å². The van der Waals surface area contributed by atoms with E-state index in [9.17, 15) is 4.79 Å². The first-order valence-electron chi connectivity index (χ1n) is 9.98. The van der Waals surface area contributed by atoms with Crippen molar-refractivity contribution in [3.05, 3.63) is 68.7 Å². The van der Waals surface area contributed by atoms with Crippen LogP contribution >= 0.6 is 23.2 Å². The van der Waals surface area contributed by atoms with Crippen molar-refractivity contribution in [3.8, 4) is 5.75 Å². The first-order valence-corrected chi connectivity index (χ1v) is 10.7. The third kappa shape index (κ3) is 5.32. The van der Waals surface area contributed by atoms with E-state index in [2.05, 4.69) is 14.9 Å². The van der Waals surface area contributed by atoms with Crippen molar-refractivity contribution in [3.63, 3.8) is 0 Å². The molecule has 0 saturated carbocycles. The van der Waals surface area contributed by atoms with Gasteiger partial charge in [0.15, 0.2) is 0 Å². The molecule has 1 N–H and O–H groups in total. The third-order valence-electron chi connectivity index (χ3n) is 5.08. The van der Waals surface area contributed by atoms with Crippen molar-refractivity contribution >= 4 is 34.1 Å². The number of para-hydroxylation sites is 1. The van der Waals surface area contributed by atoms with Crippen LogP contribution in [0.5, 0.6) is 5.75 Å². The Kier molecular flexibility index (Phi) is 6.89. The molecule has 0 aliphatic carbocycles. The van der Waals surface area contributed by atoms with Gasteiger partial charge in [0.2, 0.25) is 0 Å². The Hall–Kier alpha value is -2.12. The molecule has 1 atom stereocenters. The van der Waals surface area contributed by atoms with Crippen LogP contribution in [0.4, 0.5) is 0 Å². The van der Waals surface area contributed by atoms with Crippen LogP contribution in [0.15, 0.2) is 47.3 Å². The molecule has 0 bridgehead atoms. The van der Waals surface area contributed by atoms with Crippen molar-refractivity contribution < 1.29 is 9.47 Å². The molecule has 1 aliphatic rings. The molecule has 6 nitrogen and oxygen atoms in total. The van der Waals surface area contributed by atoms with E-state index >= 15 is 0 Å². The summed E-state index contributed by atoms with van der Waals surface area (Å²) >= 11 is 12.1. The number of nitrogens with one attached hydrogen (secondary N) is 1. The minimum absolute atomic E-state index is 0.128. The Morgan fingerprint density at radius 1 is 1.23 bits per heavy atom. The second kappa shape index (κ2) is 9.79. The molecule has 4 rings (SSSR count). The van der Waals surface area contributed by atoms with E-state index < -0.39 is 0 Å². The van der Waals surface area contributed by atoms with Gasteiger partial charge in [-0.05, 0) is 43.2 Å². The average molecular weight is 448 g/mol. The summed E-state index contributed by atoms with van der Waals surface area (Å²) in [5.74, 6) is 1.22. The molecule has 2 heterocycles. The lowest BCUT2D eigenvalue weighted by atomic mass is 10.2. The fourth-order valence-electron chi connectivity index (χ4n) is 3.61. The number of halogens is 2. The maximum Gasteiger partial charge on any atom is 0.258 e. The maximum absolute atomic E-state index is 12.4. The Labute approximate surface area is 184 Å². The van der Waals surface area contributed by atoms with E-state index in [1.807, 2.05) is 18.2 Å². The molecule has 1 aliphatic heterocycles. The van der Waals surface area contributed by atoms with Gasteiger partial charge in [0.1, 0.15) is 18.2 Å². The number of H-pyrrole nitrogens is 1. The molecule has 1 unspecified atom stereocenters. The number of aromatic amines is 1. The van der Waals surface area contributed by atoms with Crippen LogP contribution in [-0.4, -0.2) is 47.3 Å². The number of aromatic nitrogens is 2. The van der Waals surface area contributed by atoms with Crippen LogP contribution in [0, 0.1) is 0 Å². The molecule has 0 amide bonds. The van der Waals surface area contributed by atoms with E-state index in [4.69, 9.17) is 32.7 Å². The summed E-state index contributed by atoms with van der Waals surface area (Å²) in [4.78, 5) is 22.1. The molecular weight excluding hydrogens is 425 g/mol. The number of fused-ring (bicyclic) bond motifs is 1. The number of nitrogens with zero attached hydrogens (tertiary/aromatic N) is 2. The van der Waals surface area contributed by atoms with Gasteiger partial charge in [-0.25, -0.2) is 4.98 Å². The molecule has 1 saturated heterocycles. The normalized spacial score (nSPS) is 16.4. The smallest absolute Gasteiger partial charge is 0.258 e. The fourth-order valence-corrected chi connectivity index (χ4v) is 4.07. The van der Waals surface area contributed by atoms with Crippen LogP contribution in [-0.2, 0) is 11.3 Å². The van der Waals surface area contributed by atoms with Crippen LogP contribution in [0.1, 0.15) is 18.7 Å². The number of ether oxygens (including phenoxy) is 2. The molecule has 1 aromatic heterocycles. The molecule has 1 fully saturated rings. The van der Waals surface area contributed by atoms with E-state index in [1.54, 1.807) is 24.3 Å². The van der Waals surface area contributed by atoms with E-state index in [0.717, 1.165) is 26.0 Å². The SMILES string of the molecule is O=c1[nH]c(CN(CCOc2ccc(Cl)cc2Cl)CC2CCCO2)nc2ccccc12. The summed E-state index contributed by atoms with van der Waals surface area (Å²) in [7, 11) is 0.